The number of amides is 1. The van der Waals surface area contributed by atoms with Gasteiger partial charge in [0.15, 0.2) is 0 Å². The number of rotatable bonds is 8. The highest BCUT2D eigenvalue weighted by molar-refractivity contribution is 7.90. The number of carbonyl (C=O) groups is 2. The molecular formula is C37H41N5O5S. The highest BCUT2D eigenvalue weighted by atomic mass is 32.2. The molecule has 10 nitrogen and oxygen atoms in total. The number of sulfonamides is 1. The van der Waals surface area contributed by atoms with Crippen molar-refractivity contribution < 1.29 is 22.7 Å². The molecule has 3 aliphatic heterocycles. The Morgan fingerprint density at radius 3 is 2.44 bits per heavy atom. The van der Waals surface area contributed by atoms with E-state index < -0.39 is 15.9 Å². The summed E-state index contributed by atoms with van der Waals surface area (Å²) >= 11 is 0. The molecule has 0 bridgehead atoms. The van der Waals surface area contributed by atoms with Crippen molar-refractivity contribution in [3.63, 3.8) is 0 Å². The summed E-state index contributed by atoms with van der Waals surface area (Å²) in [6.07, 6.45) is 6.03. The number of hydrogen-bond acceptors (Lipinski definition) is 7. The smallest absolute Gasteiger partial charge is 0.306 e. The summed E-state index contributed by atoms with van der Waals surface area (Å²) in [5, 5.41) is 5.51. The Bertz CT molecular complexity index is 2030. The number of likely N-dealkylation sites (tertiary alicyclic amines) is 1. The lowest BCUT2D eigenvalue weighted by Crippen LogP contribution is -2.39. The second-order valence-corrected chi connectivity index (χ2v) is 15.1. The van der Waals surface area contributed by atoms with Crippen LogP contribution in [0.4, 0.5) is 0 Å². The van der Waals surface area contributed by atoms with Crippen LogP contribution in [0.1, 0.15) is 63.4 Å². The van der Waals surface area contributed by atoms with Crippen molar-refractivity contribution in [2.24, 2.45) is 16.2 Å². The zero-order valence-electron chi connectivity index (χ0n) is 27.5. The quantitative estimate of drug-likeness (QED) is 0.226. The molecule has 0 radical (unpaired) electrons. The lowest BCUT2D eigenvalue weighted by Gasteiger charge is -2.29. The molecule has 48 heavy (non-hydrogen) atoms. The van der Waals surface area contributed by atoms with Gasteiger partial charge in [-0.2, -0.15) is 12.8 Å². The maximum absolute atomic E-state index is 13.6. The fourth-order valence-corrected chi connectivity index (χ4v) is 8.68. The summed E-state index contributed by atoms with van der Waals surface area (Å²) in [5.41, 5.74) is 5.34. The molecule has 2 N–H and O–H groups in total. The lowest BCUT2D eigenvalue weighted by molar-refractivity contribution is -0.148. The molecule has 3 aliphatic rings. The summed E-state index contributed by atoms with van der Waals surface area (Å²) in [6, 6.07) is 17.9. The summed E-state index contributed by atoms with van der Waals surface area (Å²) < 4.78 is 35.0. The second-order valence-electron chi connectivity index (χ2n) is 13.5. The van der Waals surface area contributed by atoms with Crippen LogP contribution in [0.5, 0.6) is 0 Å². The second kappa shape index (κ2) is 12.9. The number of imidazole rings is 1. The molecule has 0 aliphatic carbocycles. The molecule has 3 atom stereocenters. The van der Waals surface area contributed by atoms with Gasteiger partial charge >= 0.3 is 5.97 Å². The Labute approximate surface area is 281 Å². The first-order valence-corrected chi connectivity index (χ1v) is 18.2. The van der Waals surface area contributed by atoms with Crippen molar-refractivity contribution in [2.75, 3.05) is 20.2 Å². The molecule has 3 aromatic carbocycles. The normalized spacial score (nSPS) is 20.9. The molecule has 0 saturated carbocycles. The summed E-state index contributed by atoms with van der Waals surface area (Å²) in [5.74, 6) is -0.0863. The molecule has 4 heterocycles. The third kappa shape index (κ3) is 6.17. The number of methoxy groups -OCH3 is 1. The average Bonchev–Trinajstić information content (AvgIpc) is 3.88. The van der Waals surface area contributed by atoms with E-state index in [9.17, 15) is 18.0 Å². The predicted octanol–water partition coefficient (Wildman–Crippen LogP) is 5.83. The molecule has 1 aromatic heterocycles. The largest absolute Gasteiger partial charge is 0.469 e. The minimum atomic E-state index is -3.71. The van der Waals surface area contributed by atoms with Crippen LogP contribution >= 0.6 is 0 Å². The van der Waals surface area contributed by atoms with Gasteiger partial charge in [-0.1, -0.05) is 44.2 Å². The molecule has 0 unspecified atom stereocenters. The van der Waals surface area contributed by atoms with E-state index in [1.807, 2.05) is 37.1 Å². The molecule has 250 valence electrons. The topological polar surface area (TPSA) is 134 Å². The Balaban J connectivity index is 1.10. The number of benzene rings is 3. The van der Waals surface area contributed by atoms with Crippen LogP contribution in [-0.2, 0) is 30.8 Å². The SMILES string of the molecule is COC(=O)C[C@H](C(=O)N1CCC[C@H]1c1ncc(-c2ccc3cc(-c4ccc5c(c4)CC([C@@H]4CCCN4)=NS5(=O)=O)ccc3c2)[nH]1)C(C)C. The number of aromatic amines is 1. The van der Waals surface area contributed by atoms with Gasteiger partial charge in [0.1, 0.15) is 5.82 Å². The summed E-state index contributed by atoms with van der Waals surface area (Å²) in [4.78, 5) is 36.0. The number of carbonyl (C=O) groups excluding carboxylic acids is 2. The van der Waals surface area contributed by atoms with Crippen LogP contribution in [0.2, 0.25) is 0 Å². The van der Waals surface area contributed by atoms with Crippen LogP contribution in [-0.4, -0.2) is 67.1 Å². The molecule has 0 spiro atoms. The zero-order valence-corrected chi connectivity index (χ0v) is 28.3. The monoisotopic (exact) mass is 667 g/mol. The first-order valence-electron chi connectivity index (χ1n) is 16.8. The number of nitrogens with one attached hydrogen (secondary N) is 2. The van der Waals surface area contributed by atoms with Crippen molar-refractivity contribution in [2.45, 2.75) is 69.4 Å². The van der Waals surface area contributed by atoms with Crippen molar-refractivity contribution in [1.29, 1.82) is 0 Å². The highest BCUT2D eigenvalue weighted by Gasteiger charge is 2.37. The summed E-state index contributed by atoms with van der Waals surface area (Å²) in [6.45, 7) is 5.44. The lowest BCUT2D eigenvalue weighted by atomic mass is 9.91. The fraction of sp³-hybridized carbons (Fsp3) is 0.405. The molecule has 1 amide bonds. The minimum Gasteiger partial charge on any atom is -0.469 e. The van der Waals surface area contributed by atoms with Crippen LogP contribution in [0.3, 0.4) is 0 Å². The highest BCUT2D eigenvalue weighted by Crippen LogP contribution is 2.36. The van der Waals surface area contributed by atoms with Gasteiger partial charge in [-0.05, 0) is 89.9 Å². The van der Waals surface area contributed by atoms with Gasteiger partial charge in [-0.15, -0.1) is 0 Å². The molecule has 4 aromatic rings. The zero-order chi connectivity index (χ0) is 33.6. The van der Waals surface area contributed by atoms with E-state index in [2.05, 4.69) is 51.1 Å². The van der Waals surface area contributed by atoms with Crippen LogP contribution < -0.4 is 5.32 Å². The standard InChI is InChI=1S/C37H41N5O5S/c1-22(2)29(20-35(43)47-3)37(44)42-15-5-7-33(42)36-39-21-32(40-36)27-11-10-24-16-23(8-9-25(24)17-27)26-12-13-34-28(18-26)19-31(41-48(34,45)46)30-6-4-14-38-30/h8-13,16-18,21-22,29-30,33,38H,4-7,14-15,19-20H2,1-3H3,(H,39,40)/t29-,30-,33-/m0/s1. The number of fused-ring (bicyclic) bond motifs is 2. The average molecular weight is 668 g/mol. The molecule has 2 fully saturated rings. The van der Waals surface area contributed by atoms with E-state index in [4.69, 9.17) is 9.72 Å². The third-order valence-corrected chi connectivity index (χ3v) is 11.5. The van der Waals surface area contributed by atoms with E-state index in [-0.39, 0.29) is 36.3 Å². The minimum absolute atomic E-state index is 0.00737. The van der Waals surface area contributed by atoms with E-state index in [1.54, 1.807) is 6.07 Å². The first kappa shape index (κ1) is 32.2. The molecule has 11 heteroatoms. The van der Waals surface area contributed by atoms with Crippen LogP contribution in [0.25, 0.3) is 33.2 Å². The van der Waals surface area contributed by atoms with Gasteiger partial charge in [0, 0.05) is 24.6 Å². The Hall–Kier alpha value is -4.35. The Morgan fingerprint density at radius 1 is 0.979 bits per heavy atom. The van der Waals surface area contributed by atoms with Gasteiger partial charge in [-0.25, -0.2) is 4.98 Å². The Morgan fingerprint density at radius 2 is 1.71 bits per heavy atom. The van der Waals surface area contributed by atoms with Crippen LogP contribution in [0.15, 0.2) is 70.1 Å². The number of esters is 1. The molecular weight excluding hydrogens is 627 g/mol. The first-order chi connectivity index (χ1) is 23.1. The fourth-order valence-electron chi connectivity index (χ4n) is 7.38. The third-order valence-electron chi connectivity index (χ3n) is 10.1. The maximum Gasteiger partial charge on any atom is 0.306 e. The van der Waals surface area contributed by atoms with E-state index in [1.165, 1.54) is 7.11 Å². The molecule has 7 rings (SSSR count). The maximum atomic E-state index is 13.6. The number of H-pyrrole nitrogens is 1. The number of ether oxygens (including phenoxy) is 1. The van der Waals surface area contributed by atoms with E-state index >= 15 is 0 Å². The van der Waals surface area contributed by atoms with E-state index in [0.29, 0.717) is 23.6 Å². The van der Waals surface area contributed by atoms with Crippen LogP contribution in [0, 0.1) is 11.8 Å². The summed E-state index contributed by atoms with van der Waals surface area (Å²) in [7, 11) is -2.36. The van der Waals surface area contributed by atoms with Gasteiger partial charge in [-0.3, -0.25) is 9.59 Å². The van der Waals surface area contributed by atoms with Gasteiger partial charge in [0.2, 0.25) is 5.91 Å². The van der Waals surface area contributed by atoms with Gasteiger partial charge < -0.3 is 19.9 Å². The number of hydrogen-bond donors (Lipinski definition) is 2. The predicted molar refractivity (Wildman–Crippen MR) is 185 cm³/mol. The Kier molecular flexibility index (Phi) is 8.68. The van der Waals surface area contributed by atoms with Gasteiger partial charge in [0.25, 0.3) is 10.0 Å². The van der Waals surface area contributed by atoms with Gasteiger partial charge in [0.05, 0.1) is 48.0 Å². The number of aromatic nitrogens is 2. The van der Waals surface area contributed by atoms with Crippen molar-refractivity contribution in [3.8, 4) is 22.4 Å². The van der Waals surface area contributed by atoms with Crippen molar-refractivity contribution in [3.05, 3.63) is 72.2 Å². The molecule has 2 saturated heterocycles. The van der Waals surface area contributed by atoms with E-state index in [0.717, 1.165) is 76.8 Å². The van der Waals surface area contributed by atoms with Crippen molar-refractivity contribution >= 4 is 38.4 Å². The number of nitrogens with zero attached hydrogens (tertiary/aromatic N) is 3. The van der Waals surface area contributed by atoms with Crippen molar-refractivity contribution in [1.82, 2.24) is 20.2 Å².